The Hall–Kier alpha value is -0.770. The molecule has 0 bridgehead atoms. The number of ether oxygens (including phenoxy) is 1. The van der Waals surface area contributed by atoms with E-state index in [1.807, 2.05) is 19.1 Å². The monoisotopic (exact) mass is 283 g/mol. The average molecular weight is 284 g/mol. The standard InChI is InChI=1S/C15H22ClNO2/c1-11(17)13-9-12(16)5-6-14(13)19-10-15(18)7-3-2-4-8-15/h5-6,9,11,18H,2-4,7-8,10,17H2,1H3. The Balaban J connectivity index is 2.06. The molecule has 0 heterocycles. The molecule has 1 unspecified atom stereocenters. The smallest absolute Gasteiger partial charge is 0.124 e. The Morgan fingerprint density at radius 2 is 2.05 bits per heavy atom. The highest BCUT2D eigenvalue weighted by atomic mass is 35.5. The lowest BCUT2D eigenvalue weighted by Crippen LogP contribution is -2.38. The van der Waals surface area contributed by atoms with Crippen LogP contribution in [-0.4, -0.2) is 17.3 Å². The zero-order valence-corrected chi connectivity index (χ0v) is 12.1. The second-order valence-electron chi connectivity index (χ2n) is 5.54. The zero-order valence-electron chi connectivity index (χ0n) is 11.4. The van der Waals surface area contributed by atoms with Gasteiger partial charge in [-0.2, -0.15) is 0 Å². The average Bonchev–Trinajstić information content (AvgIpc) is 2.38. The first-order valence-electron chi connectivity index (χ1n) is 6.90. The number of halogens is 1. The summed E-state index contributed by atoms with van der Waals surface area (Å²) in [6.45, 7) is 2.22. The molecule has 0 aromatic heterocycles. The van der Waals surface area contributed by atoms with E-state index in [1.54, 1.807) is 6.07 Å². The summed E-state index contributed by atoms with van der Waals surface area (Å²) in [4.78, 5) is 0. The number of hydrogen-bond donors (Lipinski definition) is 2. The van der Waals surface area contributed by atoms with Crippen molar-refractivity contribution in [3.8, 4) is 5.75 Å². The van der Waals surface area contributed by atoms with Crippen LogP contribution in [0.5, 0.6) is 5.75 Å². The van der Waals surface area contributed by atoms with E-state index in [2.05, 4.69) is 0 Å². The van der Waals surface area contributed by atoms with Crippen LogP contribution in [0.25, 0.3) is 0 Å². The van der Waals surface area contributed by atoms with Crippen LogP contribution in [0.3, 0.4) is 0 Å². The van der Waals surface area contributed by atoms with Crippen molar-refractivity contribution in [1.82, 2.24) is 0 Å². The van der Waals surface area contributed by atoms with Crippen molar-refractivity contribution in [3.63, 3.8) is 0 Å². The highest BCUT2D eigenvalue weighted by Crippen LogP contribution is 2.31. The molecule has 1 saturated carbocycles. The first-order chi connectivity index (χ1) is 9.00. The minimum absolute atomic E-state index is 0.144. The van der Waals surface area contributed by atoms with E-state index in [0.29, 0.717) is 11.6 Å². The minimum Gasteiger partial charge on any atom is -0.490 e. The van der Waals surface area contributed by atoms with E-state index in [1.165, 1.54) is 6.42 Å². The quantitative estimate of drug-likeness (QED) is 0.890. The molecule has 19 heavy (non-hydrogen) atoms. The van der Waals surface area contributed by atoms with Gasteiger partial charge in [-0.3, -0.25) is 0 Å². The third-order valence-electron chi connectivity index (χ3n) is 3.74. The van der Waals surface area contributed by atoms with Crippen molar-refractivity contribution in [3.05, 3.63) is 28.8 Å². The molecule has 1 aliphatic carbocycles. The Kier molecular flexibility index (Phi) is 4.71. The van der Waals surface area contributed by atoms with Gasteiger partial charge >= 0.3 is 0 Å². The van der Waals surface area contributed by atoms with Crippen LogP contribution in [0.4, 0.5) is 0 Å². The summed E-state index contributed by atoms with van der Waals surface area (Å²) < 4.78 is 5.81. The van der Waals surface area contributed by atoms with Crippen LogP contribution in [0, 0.1) is 0 Å². The third kappa shape index (κ3) is 3.85. The molecule has 1 aliphatic rings. The number of rotatable bonds is 4. The van der Waals surface area contributed by atoms with Crippen LogP contribution in [0.15, 0.2) is 18.2 Å². The van der Waals surface area contributed by atoms with Crippen LogP contribution < -0.4 is 10.5 Å². The predicted molar refractivity (Wildman–Crippen MR) is 77.6 cm³/mol. The second kappa shape index (κ2) is 6.12. The molecule has 106 valence electrons. The van der Waals surface area contributed by atoms with Gasteiger partial charge in [0.25, 0.3) is 0 Å². The summed E-state index contributed by atoms with van der Waals surface area (Å²) in [7, 11) is 0. The Morgan fingerprint density at radius 3 is 2.68 bits per heavy atom. The van der Waals surface area contributed by atoms with Crippen LogP contribution >= 0.6 is 11.6 Å². The fourth-order valence-electron chi connectivity index (χ4n) is 2.57. The molecule has 0 aliphatic heterocycles. The molecule has 0 spiro atoms. The molecule has 0 amide bonds. The fraction of sp³-hybridized carbons (Fsp3) is 0.600. The van der Waals surface area contributed by atoms with Gasteiger partial charge in [0.15, 0.2) is 0 Å². The van der Waals surface area contributed by atoms with E-state index in [-0.39, 0.29) is 6.04 Å². The molecule has 1 fully saturated rings. The Morgan fingerprint density at radius 1 is 1.37 bits per heavy atom. The predicted octanol–water partition coefficient (Wildman–Crippen LogP) is 3.43. The van der Waals surface area contributed by atoms with Gasteiger partial charge in [-0.25, -0.2) is 0 Å². The highest BCUT2D eigenvalue weighted by Gasteiger charge is 2.30. The van der Waals surface area contributed by atoms with Crippen molar-refractivity contribution in [2.75, 3.05) is 6.61 Å². The van der Waals surface area contributed by atoms with Gasteiger partial charge in [-0.15, -0.1) is 0 Å². The van der Waals surface area contributed by atoms with E-state index >= 15 is 0 Å². The van der Waals surface area contributed by atoms with Gasteiger partial charge < -0.3 is 15.6 Å². The minimum atomic E-state index is -0.688. The zero-order chi connectivity index (χ0) is 13.9. The molecule has 1 aromatic rings. The maximum atomic E-state index is 10.4. The third-order valence-corrected chi connectivity index (χ3v) is 3.98. The molecule has 0 saturated heterocycles. The van der Waals surface area contributed by atoms with Crippen LogP contribution in [-0.2, 0) is 0 Å². The molecular formula is C15H22ClNO2. The van der Waals surface area contributed by atoms with Crippen molar-refractivity contribution in [1.29, 1.82) is 0 Å². The maximum absolute atomic E-state index is 10.4. The van der Waals surface area contributed by atoms with Gasteiger partial charge in [0, 0.05) is 16.6 Å². The molecule has 2 rings (SSSR count). The Labute approximate surface area is 119 Å². The normalized spacial score (nSPS) is 20.0. The largest absolute Gasteiger partial charge is 0.490 e. The lowest BCUT2D eigenvalue weighted by atomic mass is 9.85. The van der Waals surface area contributed by atoms with E-state index in [4.69, 9.17) is 22.1 Å². The highest BCUT2D eigenvalue weighted by molar-refractivity contribution is 6.30. The van der Waals surface area contributed by atoms with Gasteiger partial charge in [0.2, 0.25) is 0 Å². The lowest BCUT2D eigenvalue weighted by molar-refractivity contribution is -0.0341. The molecule has 3 nitrogen and oxygen atoms in total. The molecular weight excluding hydrogens is 262 g/mol. The van der Waals surface area contributed by atoms with E-state index < -0.39 is 5.60 Å². The first-order valence-corrected chi connectivity index (χ1v) is 7.28. The topological polar surface area (TPSA) is 55.5 Å². The van der Waals surface area contributed by atoms with Crippen molar-refractivity contribution < 1.29 is 9.84 Å². The van der Waals surface area contributed by atoms with E-state index in [9.17, 15) is 5.11 Å². The van der Waals surface area contributed by atoms with Crippen LogP contribution in [0.2, 0.25) is 5.02 Å². The number of nitrogens with two attached hydrogens (primary N) is 1. The first kappa shape index (κ1) is 14.6. The molecule has 1 atom stereocenters. The Bertz CT molecular complexity index is 428. The number of benzene rings is 1. The van der Waals surface area contributed by atoms with Crippen molar-refractivity contribution >= 4 is 11.6 Å². The number of hydrogen-bond acceptors (Lipinski definition) is 3. The van der Waals surface area contributed by atoms with E-state index in [0.717, 1.165) is 37.0 Å². The summed E-state index contributed by atoms with van der Waals surface area (Å²) in [6, 6.07) is 5.29. The van der Waals surface area contributed by atoms with Crippen molar-refractivity contribution in [2.24, 2.45) is 5.73 Å². The molecule has 3 N–H and O–H groups in total. The summed E-state index contributed by atoms with van der Waals surface area (Å²) >= 11 is 5.98. The lowest BCUT2D eigenvalue weighted by Gasteiger charge is -2.32. The fourth-order valence-corrected chi connectivity index (χ4v) is 2.75. The SMILES string of the molecule is CC(N)c1cc(Cl)ccc1OCC1(O)CCCCC1. The number of aliphatic hydroxyl groups is 1. The summed E-state index contributed by atoms with van der Waals surface area (Å²) in [6.07, 6.45) is 4.97. The molecule has 1 aromatic carbocycles. The van der Waals surface area contributed by atoms with Gasteiger partial charge in [-0.05, 0) is 38.0 Å². The van der Waals surface area contributed by atoms with Gasteiger partial charge in [-0.1, -0.05) is 30.9 Å². The summed E-state index contributed by atoms with van der Waals surface area (Å²) in [5.74, 6) is 0.721. The van der Waals surface area contributed by atoms with Gasteiger partial charge in [0.05, 0.1) is 5.60 Å². The van der Waals surface area contributed by atoms with Crippen molar-refractivity contribution in [2.45, 2.75) is 50.7 Å². The van der Waals surface area contributed by atoms with Gasteiger partial charge in [0.1, 0.15) is 12.4 Å². The summed E-state index contributed by atoms with van der Waals surface area (Å²) in [5.41, 5.74) is 6.12. The maximum Gasteiger partial charge on any atom is 0.124 e. The second-order valence-corrected chi connectivity index (χ2v) is 5.98. The summed E-state index contributed by atoms with van der Waals surface area (Å²) in [5, 5.41) is 11.1. The molecule has 4 heteroatoms. The molecule has 0 radical (unpaired) electrons. The van der Waals surface area contributed by atoms with Crippen LogP contribution in [0.1, 0.15) is 50.6 Å².